The SMILES string of the molecule is CNC(=O)NC(=O)CN1C(=O)C2CCCCC2C1=O. The van der Waals surface area contributed by atoms with Crippen LogP contribution in [-0.4, -0.2) is 42.2 Å². The van der Waals surface area contributed by atoms with Crippen LogP contribution in [-0.2, 0) is 14.4 Å². The summed E-state index contributed by atoms with van der Waals surface area (Å²) >= 11 is 0. The fourth-order valence-corrected chi connectivity index (χ4v) is 2.76. The number of rotatable bonds is 2. The predicted molar refractivity (Wildman–Crippen MR) is 64.8 cm³/mol. The van der Waals surface area contributed by atoms with Gasteiger partial charge in [0.15, 0.2) is 0 Å². The molecule has 5 amide bonds. The molecule has 1 saturated carbocycles. The summed E-state index contributed by atoms with van der Waals surface area (Å²) in [6, 6.07) is -0.651. The zero-order valence-electron chi connectivity index (χ0n) is 10.8. The Morgan fingerprint density at radius 1 is 1.16 bits per heavy atom. The molecule has 2 fully saturated rings. The molecular formula is C12H17N3O4. The molecule has 0 aromatic rings. The van der Waals surface area contributed by atoms with Crippen LogP contribution in [0.2, 0.25) is 0 Å². The number of carbonyl (C=O) groups excluding carboxylic acids is 4. The number of hydrogen-bond acceptors (Lipinski definition) is 4. The summed E-state index contributed by atoms with van der Waals surface area (Å²) < 4.78 is 0. The van der Waals surface area contributed by atoms with Crippen molar-refractivity contribution in [2.75, 3.05) is 13.6 Å². The van der Waals surface area contributed by atoms with Crippen LogP contribution in [0, 0.1) is 11.8 Å². The lowest BCUT2D eigenvalue weighted by Gasteiger charge is -2.19. The molecule has 7 heteroatoms. The van der Waals surface area contributed by atoms with Crippen molar-refractivity contribution in [1.29, 1.82) is 0 Å². The Balaban J connectivity index is 2.00. The summed E-state index contributed by atoms with van der Waals surface area (Å²) in [5.41, 5.74) is 0. The van der Waals surface area contributed by atoms with Crippen LogP contribution in [0.4, 0.5) is 4.79 Å². The quantitative estimate of drug-likeness (QED) is 0.666. The van der Waals surface area contributed by atoms with Crippen LogP contribution in [0.3, 0.4) is 0 Å². The highest BCUT2D eigenvalue weighted by atomic mass is 16.2. The van der Waals surface area contributed by atoms with Crippen molar-refractivity contribution in [2.45, 2.75) is 25.7 Å². The van der Waals surface area contributed by atoms with Gasteiger partial charge in [-0.05, 0) is 12.8 Å². The minimum atomic E-state index is -0.653. The summed E-state index contributed by atoms with van der Waals surface area (Å²) in [7, 11) is 1.38. The summed E-state index contributed by atoms with van der Waals surface area (Å²) in [6.07, 6.45) is 3.31. The first-order valence-electron chi connectivity index (χ1n) is 6.41. The van der Waals surface area contributed by atoms with Crippen molar-refractivity contribution in [1.82, 2.24) is 15.5 Å². The average molecular weight is 267 g/mol. The first-order chi connectivity index (χ1) is 9.04. The van der Waals surface area contributed by atoms with E-state index >= 15 is 0 Å². The number of imide groups is 2. The van der Waals surface area contributed by atoms with Crippen LogP contribution >= 0.6 is 0 Å². The number of carbonyl (C=O) groups is 4. The van der Waals surface area contributed by atoms with E-state index in [0.29, 0.717) is 12.8 Å². The lowest BCUT2D eigenvalue weighted by Crippen LogP contribution is -2.45. The van der Waals surface area contributed by atoms with Gasteiger partial charge in [-0.3, -0.25) is 24.6 Å². The smallest absolute Gasteiger partial charge is 0.321 e. The third-order valence-corrected chi connectivity index (χ3v) is 3.71. The van der Waals surface area contributed by atoms with E-state index in [9.17, 15) is 19.2 Å². The first kappa shape index (κ1) is 13.5. The molecule has 1 saturated heterocycles. The van der Waals surface area contributed by atoms with Gasteiger partial charge in [-0.15, -0.1) is 0 Å². The molecule has 2 N–H and O–H groups in total. The molecule has 1 heterocycles. The topological polar surface area (TPSA) is 95.6 Å². The van der Waals surface area contributed by atoms with Gasteiger partial charge in [0.25, 0.3) is 0 Å². The Bertz CT molecular complexity index is 411. The molecule has 2 unspecified atom stereocenters. The third kappa shape index (κ3) is 2.59. The zero-order valence-corrected chi connectivity index (χ0v) is 10.8. The highest BCUT2D eigenvalue weighted by molar-refractivity contribution is 6.08. The van der Waals surface area contributed by atoms with E-state index in [0.717, 1.165) is 17.7 Å². The number of nitrogens with one attached hydrogen (secondary N) is 2. The van der Waals surface area contributed by atoms with E-state index in [-0.39, 0.29) is 30.2 Å². The lowest BCUT2D eigenvalue weighted by atomic mass is 9.81. The third-order valence-electron chi connectivity index (χ3n) is 3.71. The molecule has 0 bridgehead atoms. The molecule has 19 heavy (non-hydrogen) atoms. The molecule has 0 radical (unpaired) electrons. The molecule has 2 atom stereocenters. The van der Waals surface area contributed by atoms with Gasteiger partial charge in [-0.2, -0.15) is 0 Å². The maximum Gasteiger partial charge on any atom is 0.321 e. The standard InChI is InChI=1S/C12H17N3O4/c1-13-12(19)14-9(16)6-15-10(17)7-4-2-3-5-8(7)11(15)18/h7-8H,2-6H2,1H3,(H2,13,14,16,19). The molecule has 104 valence electrons. The average Bonchev–Trinajstić information content (AvgIpc) is 2.64. The van der Waals surface area contributed by atoms with Gasteiger partial charge in [0.2, 0.25) is 17.7 Å². The molecule has 2 aliphatic rings. The number of likely N-dealkylation sites (tertiary alicyclic amines) is 1. The van der Waals surface area contributed by atoms with Gasteiger partial charge in [0.1, 0.15) is 6.54 Å². The largest absolute Gasteiger partial charge is 0.341 e. The summed E-state index contributed by atoms with van der Waals surface area (Å²) in [4.78, 5) is 47.6. The number of nitrogens with zero attached hydrogens (tertiary/aromatic N) is 1. The van der Waals surface area contributed by atoms with Gasteiger partial charge < -0.3 is 5.32 Å². The van der Waals surface area contributed by atoms with E-state index in [1.807, 2.05) is 5.32 Å². The Hall–Kier alpha value is -1.92. The van der Waals surface area contributed by atoms with Gasteiger partial charge in [0, 0.05) is 7.05 Å². The fourth-order valence-electron chi connectivity index (χ4n) is 2.76. The van der Waals surface area contributed by atoms with Gasteiger partial charge in [-0.25, -0.2) is 4.79 Å². The molecular weight excluding hydrogens is 250 g/mol. The summed E-state index contributed by atoms with van der Waals surface area (Å²) in [6.45, 7) is -0.377. The van der Waals surface area contributed by atoms with Crippen LogP contribution in [0.15, 0.2) is 0 Å². The van der Waals surface area contributed by atoms with Gasteiger partial charge in [0.05, 0.1) is 11.8 Å². The zero-order chi connectivity index (χ0) is 14.0. The Morgan fingerprint density at radius 3 is 2.16 bits per heavy atom. The van der Waals surface area contributed by atoms with Gasteiger partial charge in [-0.1, -0.05) is 12.8 Å². The number of urea groups is 1. The van der Waals surface area contributed by atoms with E-state index in [1.165, 1.54) is 7.05 Å². The van der Waals surface area contributed by atoms with Crippen LogP contribution in [0.5, 0.6) is 0 Å². The maximum atomic E-state index is 12.1. The molecule has 0 spiro atoms. The minimum Gasteiger partial charge on any atom is -0.341 e. The van der Waals surface area contributed by atoms with Crippen molar-refractivity contribution in [3.63, 3.8) is 0 Å². The Morgan fingerprint density at radius 2 is 1.68 bits per heavy atom. The predicted octanol–water partition coefficient (Wildman–Crippen LogP) is -0.383. The van der Waals surface area contributed by atoms with Crippen molar-refractivity contribution >= 4 is 23.8 Å². The second kappa shape index (κ2) is 5.38. The van der Waals surface area contributed by atoms with Crippen molar-refractivity contribution < 1.29 is 19.2 Å². The minimum absolute atomic E-state index is 0.269. The van der Waals surface area contributed by atoms with E-state index in [1.54, 1.807) is 0 Å². The molecule has 7 nitrogen and oxygen atoms in total. The van der Waals surface area contributed by atoms with E-state index in [4.69, 9.17) is 0 Å². The summed E-state index contributed by atoms with van der Waals surface area (Å²) in [5.74, 6) is -1.74. The Kier molecular flexibility index (Phi) is 3.82. The highest BCUT2D eigenvalue weighted by Gasteiger charge is 2.48. The maximum absolute atomic E-state index is 12.1. The van der Waals surface area contributed by atoms with Crippen molar-refractivity contribution in [3.05, 3.63) is 0 Å². The van der Waals surface area contributed by atoms with Crippen molar-refractivity contribution in [2.24, 2.45) is 11.8 Å². The normalized spacial score (nSPS) is 26.1. The molecule has 0 aromatic heterocycles. The number of fused-ring (bicyclic) bond motifs is 1. The van der Waals surface area contributed by atoms with Crippen LogP contribution in [0.1, 0.15) is 25.7 Å². The monoisotopic (exact) mass is 267 g/mol. The number of hydrogen-bond donors (Lipinski definition) is 2. The molecule has 2 rings (SSSR count). The second-order valence-electron chi connectivity index (χ2n) is 4.89. The molecule has 1 aliphatic heterocycles. The lowest BCUT2D eigenvalue weighted by molar-refractivity contribution is -0.143. The summed E-state index contributed by atoms with van der Waals surface area (Å²) in [5, 5.41) is 4.28. The number of amides is 5. The van der Waals surface area contributed by atoms with Crippen LogP contribution in [0.25, 0.3) is 0 Å². The highest BCUT2D eigenvalue weighted by Crippen LogP contribution is 2.37. The first-order valence-corrected chi connectivity index (χ1v) is 6.41. The van der Waals surface area contributed by atoms with E-state index in [2.05, 4.69) is 5.32 Å². The Labute approximate surface area is 110 Å². The van der Waals surface area contributed by atoms with Crippen LogP contribution < -0.4 is 10.6 Å². The molecule has 0 aromatic carbocycles. The second-order valence-corrected chi connectivity index (χ2v) is 4.89. The van der Waals surface area contributed by atoms with Crippen molar-refractivity contribution in [3.8, 4) is 0 Å². The molecule has 1 aliphatic carbocycles. The fraction of sp³-hybridized carbons (Fsp3) is 0.667. The van der Waals surface area contributed by atoms with Gasteiger partial charge >= 0.3 is 6.03 Å². The van der Waals surface area contributed by atoms with E-state index < -0.39 is 11.9 Å².